The average Bonchev–Trinajstić information content (AvgIpc) is 2.92. The van der Waals surface area contributed by atoms with Crippen molar-refractivity contribution < 1.29 is 14.3 Å². The molecule has 0 aromatic carbocycles. The Balaban J connectivity index is 2.77. The van der Waals surface area contributed by atoms with Crippen LogP contribution in [0.25, 0.3) is 0 Å². The normalized spacial score (nSPS) is 11.8. The zero-order valence-electron chi connectivity index (χ0n) is 13.4. The van der Waals surface area contributed by atoms with Gasteiger partial charge in [-0.1, -0.05) is 13.8 Å². The number of halogens is 1. The molecule has 0 unspecified atom stereocenters. The highest BCUT2D eigenvalue weighted by molar-refractivity contribution is 9.11. The Morgan fingerprint density at radius 3 is 2.78 bits per heavy atom. The lowest BCUT2D eigenvalue weighted by Crippen LogP contribution is -2.23. The average molecular weight is 402 g/mol. The Labute approximate surface area is 148 Å². The zero-order chi connectivity index (χ0) is 17.2. The van der Waals surface area contributed by atoms with Crippen molar-refractivity contribution in [1.29, 1.82) is 5.26 Å². The van der Waals surface area contributed by atoms with E-state index < -0.39 is 5.97 Å². The minimum Gasteiger partial charge on any atom is -0.459 e. The van der Waals surface area contributed by atoms with E-state index in [4.69, 9.17) is 9.47 Å². The van der Waals surface area contributed by atoms with Crippen LogP contribution < -0.4 is 5.32 Å². The van der Waals surface area contributed by atoms with Crippen molar-refractivity contribution in [3.05, 3.63) is 26.3 Å². The highest BCUT2D eigenvalue weighted by atomic mass is 79.9. The molecule has 0 amide bonds. The smallest absolute Gasteiger partial charge is 0.350 e. The van der Waals surface area contributed by atoms with Gasteiger partial charge in [-0.3, -0.25) is 0 Å². The first-order valence-corrected chi connectivity index (χ1v) is 8.83. The van der Waals surface area contributed by atoms with Crippen molar-refractivity contribution in [2.45, 2.75) is 27.3 Å². The third-order valence-electron chi connectivity index (χ3n) is 2.81. The van der Waals surface area contributed by atoms with E-state index in [9.17, 15) is 10.1 Å². The molecule has 0 saturated heterocycles. The largest absolute Gasteiger partial charge is 0.459 e. The number of hydrogen-bond donors (Lipinski definition) is 1. The number of nitriles is 1. The van der Waals surface area contributed by atoms with Gasteiger partial charge in [-0.25, -0.2) is 9.78 Å². The second-order valence-corrected chi connectivity index (χ2v) is 7.21. The Kier molecular flexibility index (Phi) is 8.84. The molecule has 0 atom stereocenters. The highest BCUT2D eigenvalue weighted by Gasteiger charge is 2.19. The standard InChI is InChI=1S/C15H20BrN3O3S/c1-4-21-5-6-22-14(20)12(7-17)13(10(2)3)18-8-11-9-19-15(16)23-11/h9-10,18H,4-6,8H2,1-3H3/b13-12+. The molecule has 6 nitrogen and oxygen atoms in total. The maximum atomic E-state index is 12.1. The summed E-state index contributed by atoms with van der Waals surface area (Å²) in [5.41, 5.74) is 0.568. The van der Waals surface area contributed by atoms with Crippen molar-refractivity contribution in [2.24, 2.45) is 5.92 Å². The number of aromatic nitrogens is 1. The van der Waals surface area contributed by atoms with Gasteiger partial charge in [0, 0.05) is 23.4 Å². The van der Waals surface area contributed by atoms with E-state index in [1.54, 1.807) is 6.20 Å². The third kappa shape index (κ3) is 6.69. The molecular formula is C15H20BrN3O3S. The van der Waals surface area contributed by atoms with Crippen LogP contribution in [0.4, 0.5) is 0 Å². The first-order valence-electron chi connectivity index (χ1n) is 7.22. The molecule has 1 rings (SSSR count). The van der Waals surface area contributed by atoms with Gasteiger partial charge in [-0.05, 0) is 28.8 Å². The van der Waals surface area contributed by atoms with Gasteiger partial charge in [-0.15, -0.1) is 11.3 Å². The number of nitrogens with zero attached hydrogens (tertiary/aromatic N) is 2. The number of hydrogen-bond acceptors (Lipinski definition) is 7. The summed E-state index contributed by atoms with van der Waals surface area (Å²) < 4.78 is 11.0. The lowest BCUT2D eigenvalue weighted by atomic mass is 10.0. The van der Waals surface area contributed by atoms with Crippen LogP contribution in [-0.2, 0) is 20.8 Å². The molecule has 1 N–H and O–H groups in total. The predicted molar refractivity (Wildman–Crippen MR) is 91.6 cm³/mol. The highest BCUT2D eigenvalue weighted by Crippen LogP contribution is 2.20. The number of nitrogens with one attached hydrogen (secondary N) is 1. The first kappa shape index (κ1) is 19.6. The Morgan fingerprint density at radius 2 is 2.26 bits per heavy atom. The maximum absolute atomic E-state index is 12.1. The SMILES string of the molecule is CCOCCOC(=O)/C(C#N)=C(/NCc1cnc(Br)s1)C(C)C. The second-order valence-electron chi connectivity index (χ2n) is 4.82. The topological polar surface area (TPSA) is 84.2 Å². The molecular weight excluding hydrogens is 382 g/mol. The summed E-state index contributed by atoms with van der Waals surface area (Å²) in [6.07, 6.45) is 1.74. The van der Waals surface area contributed by atoms with E-state index in [0.717, 1.165) is 8.79 Å². The summed E-state index contributed by atoms with van der Waals surface area (Å²) in [7, 11) is 0. The molecule has 0 spiro atoms. The fourth-order valence-corrected chi connectivity index (χ4v) is 3.05. The molecule has 1 aromatic heterocycles. The Morgan fingerprint density at radius 1 is 1.52 bits per heavy atom. The van der Waals surface area contributed by atoms with Crippen LogP contribution in [0.2, 0.25) is 0 Å². The monoisotopic (exact) mass is 401 g/mol. The summed E-state index contributed by atoms with van der Waals surface area (Å²) in [6.45, 7) is 7.19. The minimum atomic E-state index is -0.631. The van der Waals surface area contributed by atoms with E-state index in [-0.39, 0.29) is 18.1 Å². The number of rotatable bonds is 9. The second kappa shape index (κ2) is 10.4. The number of thiazole rings is 1. The number of allylic oxidation sites excluding steroid dienone is 1. The molecule has 0 aliphatic carbocycles. The predicted octanol–water partition coefficient (Wildman–Crippen LogP) is 3.01. The molecule has 126 valence electrons. The van der Waals surface area contributed by atoms with Crippen LogP contribution in [-0.4, -0.2) is 30.8 Å². The van der Waals surface area contributed by atoms with Crippen LogP contribution in [0, 0.1) is 17.2 Å². The molecule has 0 bridgehead atoms. The molecule has 23 heavy (non-hydrogen) atoms. The fourth-order valence-electron chi connectivity index (χ4n) is 1.75. The van der Waals surface area contributed by atoms with Crippen molar-refractivity contribution in [3.8, 4) is 6.07 Å². The number of esters is 1. The molecule has 0 aliphatic heterocycles. The van der Waals surface area contributed by atoms with Gasteiger partial charge in [0.2, 0.25) is 0 Å². The molecule has 1 aromatic rings. The zero-order valence-corrected chi connectivity index (χ0v) is 15.8. The van der Waals surface area contributed by atoms with Crippen LogP contribution >= 0.6 is 27.3 Å². The van der Waals surface area contributed by atoms with Gasteiger partial charge >= 0.3 is 5.97 Å². The van der Waals surface area contributed by atoms with Crippen molar-refractivity contribution >= 4 is 33.2 Å². The number of carbonyl (C=O) groups excluding carboxylic acids is 1. The Hall–Kier alpha value is -1.43. The Bertz CT molecular complexity index is 593. The summed E-state index contributed by atoms with van der Waals surface area (Å²) in [6, 6.07) is 1.95. The third-order valence-corrected chi connectivity index (χ3v) is 4.28. The van der Waals surface area contributed by atoms with Gasteiger partial charge < -0.3 is 14.8 Å². The van der Waals surface area contributed by atoms with Crippen LogP contribution in [0.15, 0.2) is 21.4 Å². The van der Waals surface area contributed by atoms with Crippen LogP contribution in [0.5, 0.6) is 0 Å². The van der Waals surface area contributed by atoms with E-state index in [0.29, 0.717) is 25.5 Å². The van der Waals surface area contributed by atoms with Crippen LogP contribution in [0.1, 0.15) is 25.6 Å². The summed E-state index contributed by atoms with van der Waals surface area (Å²) in [5.74, 6) is -0.644. The molecule has 0 saturated carbocycles. The van der Waals surface area contributed by atoms with E-state index in [1.807, 2.05) is 26.8 Å². The van der Waals surface area contributed by atoms with Crippen molar-refractivity contribution in [1.82, 2.24) is 10.3 Å². The molecule has 0 fully saturated rings. The summed E-state index contributed by atoms with van der Waals surface area (Å²) in [4.78, 5) is 17.2. The van der Waals surface area contributed by atoms with Gasteiger partial charge in [0.15, 0.2) is 9.49 Å². The number of carbonyl (C=O) groups is 1. The summed E-state index contributed by atoms with van der Waals surface area (Å²) >= 11 is 4.80. The molecule has 0 aliphatic rings. The van der Waals surface area contributed by atoms with Crippen molar-refractivity contribution in [3.63, 3.8) is 0 Å². The van der Waals surface area contributed by atoms with Crippen LogP contribution in [0.3, 0.4) is 0 Å². The van der Waals surface area contributed by atoms with E-state index in [1.165, 1.54) is 11.3 Å². The summed E-state index contributed by atoms with van der Waals surface area (Å²) in [5, 5.41) is 12.5. The fraction of sp³-hybridized carbons (Fsp3) is 0.533. The van der Waals surface area contributed by atoms with Crippen molar-refractivity contribution in [2.75, 3.05) is 19.8 Å². The van der Waals surface area contributed by atoms with Gasteiger partial charge in [0.05, 0.1) is 13.2 Å². The lowest BCUT2D eigenvalue weighted by Gasteiger charge is -2.15. The lowest BCUT2D eigenvalue weighted by molar-refractivity contribution is -0.140. The maximum Gasteiger partial charge on any atom is 0.350 e. The van der Waals surface area contributed by atoms with Gasteiger partial charge in [0.1, 0.15) is 12.7 Å². The molecule has 1 heterocycles. The number of ether oxygens (including phenoxy) is 2. The van der Waals surface area contributed by atoms with E-state index in [2.05, 4.69) is 26.2 Å². The van der Waals surface area contributed by atoms with E-state index >= 15 is 0 Å². The quantitative estimate of drug-likeness (QED) is 0.296. The molecule has 0 radical (unpaired) electrons. The molecule has 8 heteroatoms. The minimum absolute atomic E-state index is 0.0000736. The first-order chi connectivity index (χ1) is 11.0. The van der Waals surface area contributed by atoms with Gasteiger partial charge in [-0.2, -0.15) is 5.26 Å². The van der Waals surface area contributed by atoms with Gasteiger partial charge in [0.25, 0.3) is 0 Å².